The van der Waals surface area contributed by atoms with Crippen molar-refractivity contribution in [2.75, 3.05) is 19.0 Å². The highest BCUT2D eigenvalue weighted by molar-refractivity contribution is 5.48. The summed E-state index contributed by atoms with van der Waals surface area (Å²) in [4.78, 5) is 4.44. The van der Waals surface area contributed by atoms with Crippen LogP contribution in [0.2, 0.25) is 0 Å². The van der Waals surface area contributed by atoms with Gasteiger partial charge in [-0.25, -0.2) is 0 Å². The van der Waals surface area contributed by atoms with Crippen LogP contribution in [0.15, 0.2) is 12.1 Å². The van der Waals surface area contributed by atoms with Crippen molar-refractivity contribution in [3.05, 3.63) is 23.5 Å². The first kappa shape index (κ1) is 13.0. The van der Waals surface area contributed by atoms with E-state index in [1.54, 1.807) is 7.11 Å². The van der Waals surface area contributed by atoms with Gasteiger partial charge >= 0.3 is 0 Å². The summed E-state index contributed by atoms with van der Waals surface area (Å²) < 4.78 is 5.22. The topological polar surface area (TPSA) is 34.1 Å². The Bertz CT molecular complexity index is 337. The maximum atomic E-state index is 5.22. The third-order valence-electron chi connectivity index (χ3n) is 2.72. The van der Waals surface area contributed by atoms with Crippen molar-refractivity contribution in [2.45, 2.75) is 33.7 Å². The Morgan fingerprint density at radius 2 is 2.00 bits per heavy atom. The van der Waals surface area contributed by atoms with Crippen LogP contribution >= 0.6 is 0 Å². The minimum absolute atomic E-state index is 0.327. The Morgan fingerprint density at radius 3 is 2.50 bits per heavy atom. The maximum absolute atomic E-state index is 5.22. The lowest BCUT2D eigenvalue weighted by atomic mass is 10.0. The maximum Gasteiger partial charge on any atom is 0.0666 e. The van der Waals surface area contributed by atoms with Gasteiger partial charge in [0.25, 0.3) is 0 Å². The van der Waals surface area contributed by atoms with Gasteiger partial charge in [-0.05, 0) is 31.9 Å². The Hall–Kier alpha value is -1.09. The van der Waals surface area contributed by atoms with Crippen molar-refractivity contribution in [2.24, 2.45) is 5.92 Å². The molecule has 3 nitrogen and oxygen atoms in total. The number of anilines is 1. The summed E-state index contributed by atoms with van der Waals surface area (Å²) in [5, 5.41) is 3.49. The van der Waals surface area contributed by atoms with E-state index in [0.29, 0.717) is 18.6 Å². The SMILES string of the molecule is COCC(Nc1ccc(C)nc1C)C(C)C. The molecular formula is C13H22N2O. The van der Waals surface area contributed by atoms with Gasteiger partial charge in [-0.15, -0.1) is 0 Å². The monoisotopic (exact) mass is 222 g/mol. The first-order valence-corrected chi connectivity index (χ1v) is 5.74. The molecular weight excluding hydrogens is 200 g/mol. The van der Waals surface area contributed by atoms with Gasteiger partial charge in [0.1, 0.15) is 0 Å². The first-order chi connectivity index (χ1) is 7.54. The van der Waals surface area contributed by atoms with E-state index in [4.69, 9.17) is 4.74 Å². The molecule has 1 aromatic rings. The number of hydrogen-bond donors (Lipinski definition) is 1. The first-order valence-electron chi connectivity index (χ1n) is 5.74. The van der Waals surface area contributed by atoms with Crippen molar-refractivity contribution in [1.29, 1.82) is 0 Å². The van der Waals surface area contributed by atoms with Gasteiger partial charge in [-0.2, -0.15) is 0 Å². The number of methoxy groups -OCH3 is 1. The zero-order valence-electron chi connectivity index (χ0n) is 10.9. The molecule has 0 aromatic carbocycles. The van der Waals surface area contributed by atoms with E-state index in [-0.39, 0.29) is 0 Å². The minimum Gasteiger partial charge on any atom is -0.383 e. The number of rotatable bonds is 5. The van der Waals surface area contributed by atoms with Crippen LogP contribution in [-0.4, -0.2) is 24.7 Å². The van der Waals surface area contributed by atoms with Gasteiger partial charge in [0.2, 0.25) is 0 Å². The van der Waals surface area contributed by atoms with Crippen molar-refractivity contribution < 1.29 is 4.74 Å². The lowest BCUT2D eigenvalue weighted by molar-refractivity contribution is 0.171. The molecule has 0 aliphatic carbocycles. The van der Waals surface area contributed by atoms with Crippen LogP contribution in [-0.2, 0) is 4.74 Å². The molecule has 90 valence electrons. The summed E-state index contributed by atoms with van der Waals surface area (Å²) in [5.74, 6) is 0.528. The third-order valence-corrected chi connectivity index (χ3v) is 2.72. The molecule has 0 aliphatic heterocycles. The number of aromatic nitrogens is 1. The summed E-state index contributed by atoms with van der Waals surface area (Å²) >= 11 is 0. The molecule has 0 saturated heterocycles. The van der Waals surface area contributed by atoms with Crippen LogP contribution < -0.4 is 5.32 Å². The zero-order valence-corrected chi connectivity index (χ0v) is 10.9. The molecule has 0 bridgehead atoms. The highest BCUT2D eigenvalue weighted by Gasteiger charge is 2.13. The summed E-state index contributed by atoms with van der Waals surface area (Å²) in [6.45, 7) is 9.12. The summed E-state index contributed by atoms with van der Waals surface area (Å²) in [5.41, 5.74) is 3.19. The van der Waals surface area contributed by atoms with E-state index in [1.807, 2.05) is 19.9 Å². The number of nitrogens with zero attached hydrogens (tertiary/aromatic N) is 1. The normalized spacial score (nSPS) is 12.9. The number of aryl methyl sites for hydroxylation is 2. The summed E-state index contributed by atoms with van der Waals surface area (Å²) in [7, 11) is 1.73. The molecule has 1 unspecified atom stereocenters. The number of ether oxygens (including phenoxy) is 1. The molecule has 1 atom stereocenters. The smallest absolute Gasteiger partial charge is 0.0666 e. The third kappa shape index (κ3) is 3.49. The van der Waals surface area contributed by atoms with E-state index in [1.165, 1.54) is 0 Å². The van der Waals surface area contributed by atoms with Crippen molar-refractivity contribution in [3.8, 4) is 0 Å². The summed E-state index contributed by atoms with van der Waals surface area (Å²) in [6, 6.07) is 4.44. The second-order valence-electron chi connectivity index (χ2n) is 4.54. The second kappa shape index (κ2) is 5.85. The van der Waals surface area contributed by atoms with Crippen LogP contribution in [0.3, 0.4) is 0 Å². The predicted octanol–water partition coefficient (Wildman–Crippen LogP) is 2.78. The second-order valence-corrected chi connectivity index (χ2v) is 4.54. The number of nitrogens with one attached hydrogen (secondary N) is 1. The fourth-order valence-electron chi connectivity index (χ4n) is 1.62. The van der Waals surface area contributed by atoms with E-state index < -0.39 is 0 Å². The largest absolute Gasteiger partial charge is 0.383 e. The molecule has 1 aromatic heterocycles. The Labute approximate surface area is 98.2 Å². The molecule has 0 fully saturated rings. The standard InChI is InChI=1S/C13H22N2O/c1-9(2)13(8-16-5)15-12-7-6-10(3)14-11(12)4/h6-7,9,13,15H,8H2,1-5H3. The number of pyridine rings is 1. The zero-order chi connectivity index (χ0) is 12.1. The lowest BCUT2D eigenvalue weighted by Gasteiger charge is -2.23. The van der Waals surface area contributed by atoms with E-state index in [9.17, 15) is 0 Å². The fourth-order valence-corrected chi connectivity index (χ4v) is 1.62. The number of hydrogen-bond acceptors (Lipinski definition) is 3. The average molecular weight is 222 g/mol. The molecule has 0 aliphatic rings. The Kier molecular flexibility index (Phi) is 4.74. The minimum atomic E-state index is 0.327. The van der Waals surface area contributed by atoms with Crippen LogP contribution in [0.5, 0.6) is 0 Å². The lowest BCUT2D eigenvalue weighted by Crippen LogP contribution is -2.30. The van der Waals surface area contributed by atoms with E-state index in [0.717, 1.165) is 17.1 Å². The molecule has 1 N–H and O–H groups in total. The highest BCUT2D eigenvalue weighted by Crippen LogP contribution is 2.16. The van der Waals surface area contributed by atoms with Crippen LogP contribution in [0.1, 0.15) is 25.2 Å². The molecule has 0 radical (unpaired) electrons. The Balaban J connectivity index is 2.77. The van der Waals surface area contributed by atoms with Gasteiger partial charge in [0.05, 0.1) is 24.0 Å². The van der Waals surface area contributed by atoms with Crippen molar-refractivity contribution in [3.63, 3.8) is 0 Å². The summed E-state index contributed by atoms with van der Waals surface area (Å²) in [6.07, 6.45) is 0. The van der Waals surface area contributed by atoms with Crippen LogP contribution in [0, 0.1) is 19.8 Å². The average Bonchev–Trinajstić information content (AvgIpc) is 2.20. The van der Waals surface area contributed by atoms with Gasteiger partial charge in [-0.3, -0.25) is 4.98 Å². The van der Waals surface area contributed by atoms with Crippen molar-refractivity contribution in [1.82, 2.24) is 4.98 Å². The van der Waals surface area contributed by atoms with Gasteiger partial charge < -0.3 is 10.1 Å². The molecule has 0 saturated carbocycles. The van der Waals surface area contributed by atoms with E-state index >= 15 is 0 Å². The quantitative estimate of drug-likeness (QED) is 0.831. The molecule has 3 heteroatoms. The molecule has 0 amide bonds. The molecule has 16 heavy (non-hydrogen) atoms. The highest BCUT2D eigenvalue weighted by atomic mass is 16.5. The molecule has 0 spiro atoms. The van der Waals surface area contributed by atoms with Gasteiger partial charge in [0.15, 0.2) is 0 Å². The predicted molar refractivity (Wildman–Crippen MR) is 67.8 cm³/mol. The van der Waals surface area contributed by atoms with Crippen LogP contribution in [0.25, 0.3) is 0 Å². The molecule has 1 rings (SSSR count). The molecule has 1 heterocycles. The fraction of sp³-hybridized carbons (Fsp3) is 0.615. The van der Waals surface area contributed by atoms with Crippen LogP contribution in [0.4, 0.5) is 5.69 Å². The van der Waals surface area contributed by atoms with Gasteiger partial charge in [0, 0.05) is 12.8 Å². The van der Waals surface area contributed by atoms with E-state index in [2.05, 4.69) is 30.2 Å². The Morgan fingerprint density at radius 1 is 1.31 bits per heavy atom. The van der Waals surface area contributed by atoms with Gasteiger partial charge in [-0.1, -0.05) is 13.8 Å². The van der Waals surface area contributed by atoms with Crippen molar-refractivity contribution >= 4 is 5.69 Å².